The van der Waals surface area contributed by atoms with Crippen LogP contribution in [-0.2, 0) is 29.0 Å². The van der Waals surface area contributed by atoms with Gasteiger partial charge in [-0.1, -0.05) is 0 Å². The molecule has 0 atom stereocenters. The highest BCUT2D eigenvalue weighted by molar-refractivity contribution is 8.23. The van der Waals surface area contributed by atoms with Gasteiger partial charge in [0.1, 0.15) is 23.8 Å². The van der Waals surface area contributed by atoms with E-state index >= 15 is 0 Å². The zero-order chi connectivity index (χ0) is 34.1. The van der Waals surface area contributed by atoms with Gasteiger partial charge in [-0.15, -0.1) is 141 Å². The Labute approximate surface area is 327 Å². The van der Waals surface area contributed by atoms with Crippen molar-refractivity contribution < 1.29 is 48.8 Å². The Morgan fingerprint density at radius 2 is 0.894 bits per heavy atom. The van der Waals surface area contributed by atoms with E-state index in [9.17, 15) is 9.59 Å². The molecule has 0 unspecified atom stereocenters. The smallest absolute Gasteiger partial charge is 0.408 e. The standard InChI is InChI=1S/C21H40N4O10S12/c26-7-40-17-42-9-30-20(28)24-5-38-15-46-14-37-4-23-2-33-35-12-45-19-43-10-31-21(29)25-6-39-16-47-13-36-3-22-1-32-34-11-44-18-41-8-27/h1-2,26-27H,3-19H2,(H,24,28)(H,25,29). The molecule has 0 rings (SSSR count). The Balaban J connectivity index is 3.27. The number of aliphatic imine (C=N–C) groups is 2. The first kappa shape index (κ1) is 48.5. The van der Waals surface area contributed by atoms with E-state index < -0.39 is 12.2 Å². The molecule has 0 aliphatic carbocycles. The number of aliphatic hydroxyl groups excluding tert-OH is 2. The molecule has 0 saturated heterocycles. The van der Waals surface area contributed by atoms with Gasteiger partial charge >= 0.3 is 12.2 Å². The van der Waals surface area contributed by atoms with E-state index in [0.29, 0.717) is 45.6 Å². The Morgan fingerprint density at radius 1 is 0.511 bits per heavy atom. The molecule has 0 radical (unpaired) electrons. The Hall–Kier alpha value is 1.52. The van der Waals surface area contributed by atoms with Crippen LogP contribution in [0.5, 0.6) is 0 Å². The van der Waals surface area contributed by atoms with Crippen molar-refractivity contribution in [3.63, 3.8) is 0 Å². The molecule has 0 fully saturated rings. The van der Waals surface area contributed by atoms with Crippen molar-refractivity contribution in [3.05, 3.63) is 0 Å². The first-order chi connectivity index (χ1) is 23.2. The van der Waals surface area contributed by atoms with Crippen LogP contribution in [0.2, 0.25) is 0 Å². The summed E-state index contributed by atoms with van der Waals surface area (Å²) in [6.07, 6.45) is 1.66. The summed E-state index contributed by atoms with van der Waals surface area (Å²) in [6, 6.07) is 0. The molecule has 0 bridgehead atoms. The second-order valence-electron chi connectivity index (χ2n) is 6.77. The van der Waals surface area contributed by atoms with Crippen LogP contribution in [0.15, 0.2) is 9.98 Å². The van der Waals surface area contributed by atoms with Crippen LogP contribution < -0.4 is 10.6 Å². The first-order valence-electron chi connectivity index (χ1n) is 12.7. The number of hydrogen-bond acceptors (Lipinski definition) is 24. The summed E-state index contributed by atoms with van der Waals surface area (Å²) in [5, 5.41) is 28.1. The predicted octanol–water partition coefficient (Wildman–Crippen LogP) is 6.45. The lowest BCUT2D eigenvalue weighted by Gasteiger charge is -2.06. The molecule has 0 heterocycles. The summed E-state index contributed by atoms with van der Waals surface area (Å²) in [5.41, 5.74) is 0. The zero-order valence-electron chi connectivity index (χ0n) is 25.1. The van der Waals surface area contributed by atoms with Gasteiger partial charge in [-0.05, 0) is 0 Å². The maximum atomic E-state index is 11.7. The van der Waals surface area contributed by atoms with Crippen LogP contribution in [-0.4, -0.2) is 130 Å². The molecule has 26 heteroatoms. The molecule has 0 spiro atoms. The van der Waals surface area contributed by atoms with Crippen molar-refractivity contribution in [1.82, 2.24) is 10.6 Å². The number of amides is 2. The maximum absolute atomic E-state index is 11.7. The number of rotatable bonds is 36. The van der Waals surface area contributed by atoms with E-state index in [4.69, 9.17) is 39.2 Å². The maximum Gasteiger partial charge on any atom is 0.408 e. The van der Waals surface area contributed by atoms with E-state index in [1.54, 1.807) is 70.6 Å². The normalized spacial score (nSPS) is 11.3. The highest BCUT2D eigenvalue weighted by Crippen LogP contribution is 2.18. The monoisotopic (exact) mass is 892 g/mol. The summed E-state index contributed by atoms with van der Waals surface area (Å²) >= 11 is 18.6. The minimum Gasteiger partial charge on any atom is -0.438 e. The summed E-state index contributed by atoms with van der Waals surface area (Å²) in [7, 11) is 0. The SMILES string of the molecule is O=C(NCSCSCSCN=COOCSCSCOC(=O)NCSCSCSCN=COOCSCSCO)OCSCSCO. The van der Waals surface area contributed by atoms with Gasteiger partial charge in [0.05, 0.1) is 35.4 Å². The Kier molecular flexibility index (Phi) is 45.1. The molecule has 4 N–H and O–H groups in total. The van der Waals surface area contributed by atoms with Crippen LogP contribution in [0, 0.1) is 0 Å². The summed E-state index contributed by atoms with van der Waals surface area (Å²) in [6.45, 7) is 0. The van der Waals surface area contributed by atoms with Crippen molar-refractivity contribution in [2.24, 2.45) is 9.98 Å². The third kappa shape index (κ3) is 43.6. The third-order valence-electron chi connectivity index (χ3n) is 3.50. The second kappa shape index (κ2) is 43.7. The molecule has 0 aliphatic rings. The third-order valence-corrected chi connectivity index (χ3v) is 15.7. The van der Waals surface area contributed by atoms with E-state index in [1.165, 1.54) is 83.4 Å². The first-order valence-corrected chi connectivity index (χ1v) is 26.5. The second-order valence-corrected chi connectivity index (χ2v) is 20.8. The highest BCUT2D eigenvalue weighted by atomic mass is 32.2. The average Bonchev–Trinajstić information content (AvgIpc) is 3.07. The van der Waals surface area contributed by atoms with Crippen LogP contribution in [0.1, 0.15) is 0 Å². The fraction of sp³-hybridized carbons (Fsp3) is 0.810. The lowest BCUT2D eigenvalue weighted by Crippen LogP contribution is -2.23. The summed E-state index contributed by atoms with van der Waals surface area (Å²) in [5.74, 6) is 3.44. The largest absolute Gasteiger partial charge is 0.438 e. The van der Waals surface area contributed by atoms with Gasteiger partial charge in [-0.2, -0.15) is 9.78 Å². The fourth-order valence-corrected chi connectivity index (χ4v) is 11.2. The molecule has 0 aliphatic heterocycles. The van der Waals surface area contributed by atoms with Crippen molar-refractivity contribution in [1.29, 1.82) is 0 Å². The molecular weight excluding hydrogens is 853 g/mol. The van der Waals surface area contributed by atoms with Gasteiger partial charge in [0.2, 0.25) is 12.8 Å². The van der Waals surface area contributed by atoms with Crippen molar-refractivity contribution in [2.75, 3.05) is 94.7 Å². The topological polar surface area (TPSA) is 179 Å². The number of nitrogens with one attached hydrogen (secondary N) is 2. The molecule has 0 aromatic carbocycles. The van der Waals surface area contributed by atoms with Crippen LogP contribution in [0.25, 0.3) is 0 Å². The zero-order valence-corrected chi connectivity index (χ0v) is 34.9. The number of carbonyl (C=O) groups is 2. The van der Waals surface area contributed by atoms with Crippen LogP contribution in [0.3, 0.4) is 0 Å². The lowest BCUT2D eigenvalue weighted by molar-refractivity contribution is -0.196. The summed E-state index contributed by atoms with van der Waals surface area (Å²) < 4.78 is 10.1. The molecule has 276 valence electrons. The van der Waals surface area contributed by atoms with Gasteiger partial charge in [-0.25, -0.2) is 19.6 Å². The van der Waals surface area contributed by atoms with Crippen LogP contribution in [0.4, 0.5) is 9.59 Å². The average molecular weight is 893 g/mol. The number of nitrogens with zero attached hydrogens (tertiary/aromatic N) is 2. The molecule has 47 heavy (non-hydrogen) atoms. The molecule has 0 aromatic heterocycles. The van der Waals surface area contributed by atoms with E-state index in [0.717, 1.165) is 25.4 Å². The lowest BCUT2D eigenvalue weighted by atomic mass is 11.1. The van der Waals surface area contributed by atoms with E-state index in [-0.39, 0.29) is 23.8 Å². The molecule has 2 amide bonds. The molecule has 0 saturated carbocycles. The molecular formula is C21H40N4O10S12. The van der Waals surface area contributed by atoms with Crippen molar-refractivity contribution in [2.45, 2.75) is 0 Å². The van der Waals surface area contributed by atoms with Gasteiger partial charge in [0.25, 0.3) is 0 Å². The van der Waals surface area contributed by atoms with Crippen molar-refractivity contribution in [3.8, 4) is 0 Å². The van der Waals surface area contributed by atoms with E-state index in [1.807, 2.05) is 0 Å². The fourth-order valence-electron chi connectivity index (χ4n) is 1.77. The number of ether oxygens (including phenoxy) is 2. The number of carbonyl (C=O) groups excluding carboxylic acids is 2. The summed E-state index contributed by atoms with van der Waals surface area (Å²) in [4.78, 5) is 50.9. The minimum absolute atomic E-state index is 0.0617. The number of thioether (sulfide) groups is 12. The Bertz CT molecular complexity index is 763. The van der Waals surface area contributed by atoms with Gasteiger partial charge < -0.3 is 40.1 Å². The van der Waals surface area contributed by atoms with E-state index in [2.05, 4.69) is 20.6 Å². The number of hydrogen-bond donors (Lipinski definition) is 4. The minimum atomic E-state index is -0.447. The predicted molar refractivity (Wildman–Crippen MR) is 219 cm³/mol. The van der Waals surface area contributed by atoms with Crippen LogP contribution >= 0.6 is 141 Å². The molecule has 0 aromatic rings. The van der Waals surface area contributed by atoms with Gasteiger partial charge in [0.15, 0.2) is 0 Å². The van der Waals surface area contributed by atoms with Crippen molar-refractivity contribution >= 4 is 166 Å². The Morgan fingerprint density at radius 3 is 1.34 bits per heavy atom. The highest BCUT2D eigenvalue weighted by Gasteiger charge is 2.02. The van der Waals surface area contributed by atoms with Gasteiger partial charge in [-0.3, -0.25) is 0 Å². The number of aliphatic hydroxyl groups is 2. The number of alkyl carbamates (subject to hydrolysis) is 2. The van der Waals surface area contributed by atoms with Gasteiger partial charge in [0, 0.05) is 35.6 Å². The molecule has 14 nitrogen and oxygen atoms in total. The quantitative estimate of drug-likeness (QED) is 0.0135.